The Hall–Kier alpha value is -3.19. The minimum atomic E-state index is -0.305. The van der Waals surface area contributed by atoms with Gasteiger partial charge in [-0.3, -0.25) is 0 Å². The first-order valence-corrected chi connectivity index (χ1v) is 9.47. The van der Waals surface area contributed by atoms with Crippen LogP contribution in [0.15, 0.2) is 67.5 Å². The molecule has 1 aromatic heterocycles. The van der Waals surface area contributed by atoms with Gasteiger partial charge in [0.25, 0.3) is 0 Å². The maximum Gasteiger partial charge on any atom is 0.204 e. The van der Waals surface area contributed by atoms with Gasteiger partial charge in [0.1, 0.15) is 5.82 Å². The Balaban J connectivity index is 0.000000755. The molecule has 2 aromatic carbocycles. The molecule has 4 rings (SSSR count). The molecule has 1 atom stereocenters. The lowest BCUT2D eigenvalue weighted by Gasteiger charge is -2.22. The van der Waals surface area contributed by atoms with Crippen LogP contribution in [0.4, 0.5) is 10.1 Å². The number of anilines is 1. The molecule has 8 heteroatoms. The minimum absolute atomic E-state index is 0.252. The van der Waals surface area contributed by atoms with Crippen molar-refractivity contribution in [3.05, 3.63) is 83.9 Å². The molecule has 0 amide bonds. The summed E-state index contributed by atoms with van der Waals surface area (Å²) < 4.78 is 13.6. The Morgan fingerprint density at radius 3 is 2.79 bits per heavy atom. The monoisotopic (exact) mass is 412 g/mol. The molecular weight excluding hydrogens is 391 g/mol. The van der Waals surface area contributed by atoms with E-state index in [1.807, 2.05) is 30.3 Å². The zero-order valence-corrected chi connectivity index (χ0v) is 16.6. The largest absolute Gasteiger partial charge is 0.405 e. The summed E-state index contributed by atoms with van der Waals surface area (Å²) in [5.74, 6) is 0.505. The molecule has 2 heterocycles. The van der Waals surface area contributed by atoms with Crippen LogP contribution in [-0.2, 0) is 6.42 Å². The fraction of sp³-hybridized carbons (Fsp3) is 0.190. The van der Waals surface area contributed by atoms with E-state index in [9.17, 15) is 4.39 Å². The normalized spacial score (nSPS) is 15.7. The van der Waals surface area contributed by atoms with E-state index in [1.54, 1.807) is 6.07 Å². The van der Waals surface area contributed by atoms with Crippen LogP contribution in [0.3, 0.4) is 0 Å². The van der Waals surface area contributed by atoms with Gasteiger partial charge in [0, 0.05) is 34.4 Å². The number of rotatable bonds is 4. The number of nitrogens with two attached hydrogens (primary N) is 1. The number of hydrogen-bond acceptors (Lipinski definition) is 5. The highest BCUT2D eigenvalue weighted by atomic mass is 35.5. The lowest BCUT2D eigenvalue weighted by atomic mass is 9.96. The molecule has 3 N–H and O–H groups in total. The van der Waals surface area contributed by atoms with Gasteiger partial charge in [-0.2, -0.15) is 5.21 Å². The van der Waals surface area contributed by atoms with E-state index < -0.39 is 0 Å². The summed E-state index contributed by atoms with van der Waals surface area (Å²) in [5.41, 5.74) is 8.46. The van der Waals surface area contributed by atoms with Crippen molar-refractivity contribution in [3.8, 4) is 11.4 Å². The molecule has 1 fully saturated rings. The van der Waals surface area contributed by atoms with Crippen molar-refractivity contribution < 1.29 is 4.39 Å². The molecule has 1 aliphatic rings. The Morgan fingerprint density at radius 1 is 1.31 bits per heavy atom. The van der Waals surface area contributed by atoms with E-state index >= 15 is 0 Å². The van der Waals surface area contributed by atoms with Crippen molar-refractivity contribution in [3.63, 3.8) is 0 Å². The summed E-state index contributed by atoms with van der Waals surface area (Å²) in [5, 5.41) is 14.5. The number of halogens is 2. The highest BCUT2D eigenvalue weighted by molar-refractivity contribution is 6.30. The van der Waals surface area contributed by atoms with Crippen LogP contribution < -0.4 is 10.6 Å². The summed E-state index contributed by atoms with van der Waals surface area (Å²) in [4.78, 5) is 2.19. The van der Waals surface area contributed by atoms with Gasteiger partial charge in [-0.1, -0.05) is 36.9 Å². The Bertz CT molecular complexity index is 968. The lowest BCUT2D eigenvalue weighted by Crippen LogP contribution is -2.17. The first kappa shape index (κ1) is 20.5. The number of hydrogen-bond donors (Lipinski definition) is 2. The van der Waals surface area contributed by atoms with Crippen LogP contribution in [0, 0.1) is 11.7 Å². The molecule has 6 nitrogen and oxygen atoms in total. The standard InChI is InChI=1S/C19H17ClFN5.C2H5N/c1-12-14(7-13-8-16(20)11-17(21)9-13)5-6-26(12)18-4-2-3-15(10-18)19-22-24-25-23-19;1-2-3/h2-4,8-11,14H,1,5-7H2,(H,22,23,24,25);2H,1,3H2. The first-order chi connectivity index (χ1) is 14.0. The number of aromatic amines is 1. The molecule has 3 aromatic rings. The van der Waals surface area contributed by atoms with Gasteiger partial charge in [-0.05, 0) is 60.2 Å². The maximum atomic E-state index is 13.6. The Morgan fingerprint density at radius 2 is 2.10 bits per heavy atom. The summed E-state index contributed by atoms with van der Waals surface area (Å²) in [7, 11) is 0. The molecule has 150 valence electrons. The smallest absolute Gasteiger partial charge is 0.204 e. The van der Waals surface area contributed by atoms with Gasteiger partial charge in [0.05, 0.1) is 0 Å². The van der Waals surface area contributed by atoms with Gasteiger partial charge in [-0.15, -0.1) is 10.2 Å². The first-order valence-electron chi connectivity index (χ1n) is 9.09. The molecular formula is C21H22ClFN6. The van der Waals surface area contributed by atoms with E-state index in [0.717, 1.165) is 41.9 Å². The second kappa shape index (κ2) is 9.34. The summed E-state index contributed by atoms with van der Waals surface area (Å²) in [6, 6.07) is 12.7. The highest BCUT2D eigenvalue weighted by Gasteiger charge is 2.27. The van der Waals surface area contributed by atoms with Crippen molar-refractivity contribution in [2.24, 2.45) is 11.7 Å². The number of H-pyrrole nitrogens is 1. The molecule has 29 heavy (non-hydrogen) atoms. The zero-order chi connectivity index (χ0) is 20.8. The second-order valence-corrected chi connectivity index (χ2v) is 7.07. The molecule has 0 radical (unpaired) electrons. The van der Waals surface area contributed by atoms with Crippen LogP contribution >= 0.6 is 11.6 Å². The zero-order valence-electron chi connectivity index (χ0n) is 15.9. The van der Waals surface area contributed by atoms with Gasteiger partial charge in [0.2, 0.25) is 5.82 Å². The molecule has 0 saturated carbocycles. The van der Waals surface area contributed by atoms with E-state index in [0.29, 0.717) is 10.8 Å². The topological polar surface area (TPSA) is 83.7 Å². The summed E-state index contributed by atoms with van der Waals surface area (Å²) >= 11 is 5.97. The van der Waals surface area contributed by atoms with Crippen LogP contribution in [0.1, 0.15) is 12.0 Å². The van der Waals surface area contributed by atoms with Crippen molar-refractivity contribution >= 4 is 17.3 Å². The van der Waals surface area contributed by atoms with Crippen molar-refractivity contribution in [1.82, 2.24) is 20.6 Å². The van der Waals surface area contributed by atoms with Gasteiger partial charge < -0.3 is 10.6 Å². The van der Waals surface area contributed by atoms with Crippen LogP contribution in [0.2, 0.25) is 5.02 Å². The third-order valence-corrected chi connectivity index (χ3v) is 4.90. The number of aromatic nitrogens is 4. The van der Waals surface area contributed by atoms with E-state index in [4.69, 9.17) is 11.6 Å². The third-order valence-electron chi connectivity index (χ3n) is 4.68. The number of nitrogens with zero attached hydrogens (tertiary/aromatic N) is 4. The Labute approximate surface area is 173 Å². The van der Waals surface area contributed by atoms with Crippen molar-refractivity contribution in [2.45, 2.75) is 12.8 Å². The SMILES string of the molecule is C=C1C(Cc2cc(F)cc(Cl)c2)CCN1c1cccc(-c2nn[nH]n2)c1.C=CN. The van der Waals surface area contributed by atoms with Gasteiger partial charge in [0.15, 0.2) is 0 Å². The number of allylic oxidation sites excluding steroid dienone is 1. The molecule has 1 unspecified atom stereocenters. The highest BCUT2D eigenvalue weighted by Crippen LogP contribution is 2.35. The van der Waals surface area contributed by atoms with Crippen LogP contribution in [0.5, 0.6) is 0 Å². The summed E-state index contributed by atoms with van der Waals surface area (Å²) in [6.45, 7) is 8.28. The minimum Gasteiger partial charge on any atom is -0.405 e. The molecule has 0 aliphatic carbocycles. The average molecular weight is 413 g/mol. The molecule has 0 bridgehead atoms. The number of benzene rings is 2. The summed E-state index contributed by atoms with van der Waals surface area (Å²) in [6.07, 6.45) is 2.93. The molecule has 1 saturated heterocycles. The van der Waals surface area contributed by atoms with Crippen LogP contribution in [-0.4, -0.2) is 27.2 Å². The number of tetrazole rings is 1. The lowest BCUT2D eigenvalue weighted by molar-refractivity contribution is 0.611. The average Bonchev–Trinajstić information content (AvgIpc) is 3.33. The molecule has 0 spiro atoms. The quantitative estimate of drug-likeness (QED) is 0.666. The van der Waals surface area contributed by atoms with Gasteiger partial charge in [-0.25, -0.2) is 4.39 Å². The van der Waals surface area contributed by atoms with E-state index in [-0.39, 0.29) is 11.7 Å². The fourth-order valence-corrected chi connectivity index (χ4v) is 3.69. The predicted molar refractivity (Wildman–Crippen MR) is 114 cm³/mol. The molecule has 1 aliphatic heterocycles. The maximum absolute atomic E-state index is 13.6. The van der Waals surface area contributed by atoms with Gasteiger partial charge >= 0.3 is 0 Å². The van der Waals surface area contributed by atoms with E-state index in [1.165, 1.54) is 12.3 Å². The van der Waals surface area contributed by atoms with E-state index in [2.05, 4.69) is 44.4 Å². The second-order valence-electron chi connectivity index (χ2n) is 6.63. The van der Waals surface area contributed by atoms with Crippen LogP contribution in [0.25, 0.3) is 11.4 Å². The predicted octanol–water partition coefficient (Wildman–Crippen LogP) is 4.33. The number of nitrogens with one attached hydrogen (secondary N) is 1. The third kappa shape index (κ3) is 5.00. The van der Waals surface area contributed by atoms with Crippen molar-refractivity contribution in [2.75, 3.05) is 11.4 Å². The fourth-order valence-electron chi connectivity index (χ4n) is 3.44. The van der Waals surface area contributed by atoms with Crippen molar-refractivity contribution in [1.29, 1.82) is 0 Å². The Kier molecular flexibility index (Phi) is 6.61.